The fraction of sp³-hybridized carbons (Fsp3) is 0.308. The maximum Gasteiger partial charge on any atom is 0.265 e. The number of anilines is 1. The number of hydrogen-bond acceptors (Lipinski definition) is 4. The number of aryl methyl sites for hydroxylation is 2. The SMILES string of the molecule is Cc1ccc(C)c(NS(=O)(=O)c2cnn(CCO)c2)c1. The second kappa shape index (κ2) is 5.64. The van der Waals surface area contributed by atoms with E-state index in [0.717, 1.165) is 11.1 Å². The van der Waals surface area contributed by atoms with Gasteiger partial charge in [-0.15, -0.1) is 0 Å². The number of hydrogen-bond donors (Lipinski definition) is 2. The maximum absolute atomic E-state index is 12.3. The van der Waals surface area contributed by atoms with Crippen molar-refractivity contribution in [2.75, 3.05) is 11.3 Å². The van der Waals surface area contributed by atoms with E-state index in [2.05, 4.69) is 9.82 Å². The van der Waals surface area contributed by atoms with Crippen molar-refractivity contribution in [3.05, 3.63) is 41.7 Å². The Morgan fingerprint density at radius 3 is 2.80 bits per heavy atom. The molecule has 0 radical (unpaired) electrons. The first kappa shape index (κ1) is 14.5. The summed E-state index contributed by atoms with van der Waals surface area (Å²) in [5.74, 6) is 0. The van der Waals surface area contributed by atoms with Crippen molar-refractivity contribution < 1.29 is 13.5 Å². The van der Waals surface area contributed by atoms with Gasteiger partial charge in [-0.05, 0) is 31.0 Å². The van der Waals surface area contributed by atoms with E-state index in [1.54, 1.807) is 6.07 Å². The summed E-state index contributed by atoms with van der Waals surface area (Å²) >= 11 is 0. The van der Waals surface area contributed by atoms with E-state index >= 15 is 0 Å². The van der Waals surface area contributed by atoms with E-state index < -0.39 is 10.0 Å². The van der Waals surface area contributed by atoms with E-state index in [0.29, 0.717) is 5.69 Å². The van der Waals surface area contributed by atoms with Crippen molar-refractivity contribution in [2.24, 2.45) is 0 Å². The van der Waals surface area contributed by atoms with Crippen molar-refractivity contribution in [2.45, 2.75) is 25.3 Å². The molecule has 6 nitrogen and oxygen atoms in total. The summed E-state index contributed by atoms with van der Waals surface area (Å²) in [6.07, 6.45) is 2.66. The molecule has 0 aliphatic heterocycles. The van der Waals surface area contributed by atoms with E-state index in [1.807, 2.05) is 26.0 Å². The predicted octanol–water partition coefficient (Wildman–Crippen LogP) is 1.29. The standard InChI is InChI=1S/C13H17N3O3S/c1-10-3-4-11(2)13(7-10)15-20(18,19)12-8-14-16(9-12)5-6-17/h3-4,7-9,15,17H,5-6H2,1-2H3. The first-order chi connectivity index (χ1) is 9.42. The molecule has 2 aromatic rings. The Morgan fingerprint density at radius 2 is 2.10 bits per heavy atom. The highest BCUT2D eigenvalue weighted by molar-refractivity contribution is 7.92. The molecule has 1 heterocycles. The predicted molar refractivity (Wildman–Crippen MR) is 76.0 cm³/mol. The average Bonchev–Trinajstić information content (AvgIpc) is 2.83. The zero-order valence-corrected chi connectivity index (χ0v) is 12.2. The highest BCUT2D eigenvalue weighted by atomic mass is 32.2. The lowest BCUT2D eigenvalue weighted by Gasteiger charge is -2.10. The van der Waals surface area contributed by atoms with Gasteiger partial charge in [0, 0.05) is 6.20 Å². The molecule has 1 aromatic carbocycles. The van der Waals surface area contributed by atoms with Crippen LogP contribution < -0.4 is 4.72 Å². The van der Waals surface area contributed by atoms with Crippen LogP contribution in [0.3, 0.4) is 0 Å². The average molecular weight is 295 g/mol. The number of nitrogens with zero attached hydrogens (tertiary/aromatic N) is 2. The topological polar surface area (TPSA) is 84.2 Å². The molecule has 0 unspecified atom stereocenters. The zero-order valence-electron chi connectivity index (χ0n) is 11.4. The lowest BCUT2D eigenvalue weighted by molar-refractivity contribution is 0.269. The Bertz CT molecular complexity index is 707. The summed E-state index contributed by atoms with van der Waals surface area (Å²) in [5, 5.41) is 12.7. The van der Waals surface area contributed by atoms with Crippen LogP contribution in [0.1, 0.15) is 11.1 Å². The third-order valence-electron chi connectivity index (χ3n) is 2.89. The number of benzene rings is 1. The summed E-state index contributed by atoms with van der Waals surface area (Å²) in [6.45, 7) is 3.91. The van der Waals surface area contributed by atoms with Crippen LogP contribution in [0.15, 0.2) is 35.5 Å². The molecule has 0 amide bonds. The van der Waals surface area contributed by atoms with E-state index in [1.165, 1.54) is 17.1 Å². The van der Waals surface area contributed by atoms with Crippen LogP contribution in [0.4, 0.5) is 5.69 Å². The van der Waals surface area contributed by atoms with Crippen LogP contribution in [-0.2, 0) is 16.6 Å². The fourth-order valence-corrected chi connectivity index (χ4v) is 2.83. The van der Waals surface area contributed by atoms with Crippen LogP contribution >= 0.6 is 0 Å². The smallest absolute Gasteiger partial charge is 0.265 e. The summed E-state index contributed by atoms with van der Waals surface area (Å²) in [5.41, 5.74) is 2.38. The zero-order chi connectivity index (χ0) is 14.8. The largest absolute Gasteiger partial charge is 0.394 e. The van der Waals surface area contributed by atoms with Gasteiger partial charge in [0.15, 0.2) is 0 Å². The molecular formula is C13H17N3O3S. The van der Waals surface area contributed by atoms with Gasteiger partial charge >= 0.3 is 0 Å². The van der Waals surface area contributed by atoms with E-state index in [4.69, 9.17) is 5.11 Å². The second-order valence-corrected chi connectivity index (χ2v) is 6.27. The van der Waals surface area contributed by atoms with Gasteiger partial charge in [0.05, 0.1) is 25.0 Å². The Labute approximate surface area is 118 Å². The van der Waals surface area contributed by atoms with Crippen molar-refractivity contribution in [3.8, 4) is 0 Å². The molecule has 0 fully saturated rings. The molecule has 7 heteroatoms. The molecule has 0 saturated carbocycles. The van der Waals surface area contributed by atoms with Crippen LogP contribution in [0.2, 0.25) is 0 Å². The quantitative estimate of drug-likeness (QED) is 0.870. The van der Waals surface area contributed by atoms with Gasteiger partial charge in [0.1, 0.15) is 4.90 Å². The normalized spacial score (nSPS) is 11.6. The van der Waals surface area contributed by atoms with Crippen molar-refractivity contribution in [1.82, 2.24) is 9.78 Å². The minimum atomic E-state index is -3.67. The number of nitrogens with one attached hydrogen (secondary N) is 1. The van der Waals surface area contributed by atoms with Crippen LogP contribution in [-0.4, -0.2) is 29.9 Å². The molecule has 1 aromatic heterocycles. The number of aliphatic hydroxyl groups is 1. The summed E-state index contributed by atoms with van der Waals surface area (Å²) < 4.78 is 28.5. The third kappa shape index (κ3) is 3.17. The first-order valence-corrected chi connectivity index (χ1v) is 7.64. The van der Waals surface area contributed by atoms with Crippen molar-refractivity contribution in [1.29, 1.82) is 0 Å². The second-order valence-electron chi connectivity index (χ2n) is 4.59. The minimum absolute atomic E-state index is 0.0758. The van der Waals surface area contributed by atoms with Gasteiger partial charge in [0.25, 0.3) is 10.0 Å². The molecule has 108 valence electrons. The van der Waals surface area contributed by atoms with E-state index in [-0.39, 0.29) is 18.0 Å². The number of rotatable bonds is 5. The highest BCUT2D eigenvalue weighted by Crippen LogP contribution is 2.20. The van der Waals surface area contributed by atoms with Crippen LogP contribution in [0.5, 0.6) is 0 Å². The molecule has 0 spiro atoms. The minimum Gasteiger partial charge on any atom is -0.394 e. The van der Waals surface area contributed by atoms with Crippen molar-refractivity contribution in [3.63, 3.8) is 0 Å². The lowest BCUT2D eigenvalue weighted by atomic mass is 10.1. The van der Waals surface area contributed by atoms with Gasteiger partial charge in [0.2, 0.25) is 0 Å². The molecular weight excluding hydrogens is 278 g/mol. The molecule has 2 N–H and O–H groups in total. The van der Waals surface area contributed by atoms with Gasteiger partial charge in [-0.1, -0.05) is 12.1 Å². The Morgan fingerprint density at radius 1 is 1.35 bits per heavy atom. The number of aliphatic hydroxyl groups excluding tert-OH is 1. The Hall–Kier alpha value is -1.86. The molecule has 20 heavy (non-hydrogen) atoms. The summed E-state index contributed by atoms with van der Waals surface area (Å²) in [4.78, 5) is 0.0758. The number of aromatic nitrogens is 2. The fourth-order valence-electron chi connectivity index (χ4n) is 1.76. The molecule has 0 aliphatic rings. The van der Waals surface area contributed by atoms with Gasteiger partial charge in [-0.3, -0.25) is 9.40 Å². The maximum atomic E-state index is 12.3. The van der Waals surface area contributed by atoms with Crippen LogP contribution in [0.25, 0.3) is 0 Å². The van der Waals surface area contributed by atoms with Gasteiger partial charge in [-0.25, -0.2) is 8.42 Å². The van der Waals surface area contributed by atoms with Gasteiger partial charge in [-0.2, -0.15) is 5.10 Å². The molecule has 0 bridgehead atoms. The van der Waals surface area contributed by atoms with Gasteiger partial charge < -0.3 is 5.11 Å². The summed E-state index contributed by atoms with van der Waals surface area (Å²) in [7, 11) is -3.67. The molecule has 0 aliphatic carbocycles. The third-order valence-corrected chi connectivity index (χ3v) is 4.21. The van der Waals surface area contributed by atoms with Crippen molar-refractivity contribution >= 4 is 15.7 Å². The van der Waals surface area contributed by atoms with E-state index in [9.17, 15) is 8.42 Å². The Kier molecular flexibility index (Phi) is 4.10. The molecule has 2 rings (SSSR count). The van der Waals surface area contributed by atoms with Crippen LogP contribution in [0, 0.1) is 13.8 Å². The number of sulfonamides is 1. The molecule has 0 saturated heterocycles. The monoisotopic (exact) mass is 295 g/mol. The first-order valence-electron chi connectivity index (χ1n) is 6.16. The summed E-state index contributed by atoms with van der Waals surface area (Å²) in [6, 6.07) is 5.57. The Balaban J connectivity index is 2.28. The highest BCUT2D eigenvalue weighted by Gasteiger charge is 2.17. The lowest BCUT2D eigenvalue weighted by Crippen LogP contribution is -2.13. The molecule has 0 atom stereocenters.